The van der Waals surface area contributed by atoms with Crippen LogP contribution in [0, 0.1) is 16.7 Å². The molecule has 2 aliphatic rings. The van der Waals surface area contributed by atoms with Crippen molar-refractivity contribution in [3.8, 4) is 0 Å². The molecule has 2 saturated carbocycles. The van der Waals surface area contributed by atoms with Gasteiger partial charge in [-0.3, -0.25) is 0 Å². The van der Waals surface area contributed by atoms with Crippen molar-refractivity contribution in [2.24, 2.45) is 22.5 Å². The highest BCUT2D eigenvalue weighted by molar-refractivity contribution is 6.21. The largest absolute Gasteiger partial charge is 0.392 e. The van der Waals surface area contributed by atoms with E-state index in [1.54, 1.807) is 0 Å². The van der Waals surface area contributed by atoms with Crippen LogP contribution >= 0.6 is 11.6 Å². The number of aliphatic hydroxyl groups excluding tert-OH is 1. The zero-order valence-electron chi connectivity index (χ0n) is 9.67. The number of alkyl halides is 1. The van der Waals surface area contributed by atoms with E-state index in [1.807, 2.05) is 0 Å². The summed E-state index contributed by atoms with van der Waals surface area (Å²) in [7, 11) is 0. The van der Waals surface area contributed by atoms with Gasteiger partial charge in [-0.1, -0.05) is 13.8 Å². The van der Waals surface area contributed by atoms with Crippen LogP contribution < -0.4 is 5.73 Å². The first-order valence-electron chi connectivity index (χ1n) is 5.96. The lowest BCUT2D eigenvalue weighted by atomic mass is 9.66. The molecule has 0 aromatic heterocycles. The fourth-order valence-corrected chi connectivity index (χ4v) is 4.66. The van der Waals surface area contributed by atoms with E-state index < -0.39 is 0 Å². The SMILES string of the molecule is CC1(C)C2CCC1(CC(O)CN)C(Cl)C2. The van der Waals surface area contributed by atoms with Crippen molar-refractivity contribution < 1.29 is 5.11 Å². The van der Waals surface area contributed by atoms with Crippen molar-refractivity contribution in [2.45, 2.75) is 51.0 Å². The molecule has 0 amide bonds. The number of nitrogens with two attached hydrogens (primary N) is 1. The molecule has 0 aromatic rings. The molecule has 2 rings (SSSR count). The van der Waals surface area contributed by atoms with Crippen molar-refractivity contribution in [3.63, 3.8) is 0 Å². The van der Waals surface area contributed by atoms with Crippen LogP contribution in [0.3, 0.4) is 0 Å². The minimum absolute atomic E-state index is 0.123. The van der Waals surface area contributed by atoms with Crippen molar-refractivity contribution in [1.29, 1.82) is 0 Å². The summed E-state index contributed by atoms with van der Waals surface area (Å²) in [6.45, 7) is 4.98. The van der Waals surface area contributed by atoms with Crippen molar-refractivity contribution in [1.82, 2.24) is 0 Å². The Morgan fingerprint density at radius 2 is 2.20 bits per heavy atom. The van der Waals surface area contributed by atoms with Gasteiger partial charge in [-0.05, 0) is 42.4 Å². The summed E-state index contributed by atoms with van der Waals surface area (Å²) in [5, 5.41) is 10.0. The summed E-state index contributed by atoms with van der Waals surface area (Å²) in [6.07, 6.45) is 3.94. The summed E-state index contributed by atoms with van der Waals surface area (Å²) in [4.78, 5) is 0. The molecule has 0 spiro atoms. The lowest BCUT2D eigenvalue weighted by Crippen LogP contribution is -2.41. The number of aliphatic hydroxyl groups is 1. The highest BCUT2D eigenvalue weighted by atomic mass is 35.5. The Morgan fingerprint density at radius 3 is 2.60 bits per heavy atom. The predicted octanol–water partition coefficient (Wildman–Crippen LogP) is 2.13. The van der Waals surface area contributed by atoms with Crippen molar-refractivity contribution in [3.05, 3.63) is 0 Å². The number of halogens is 1. The van der Waals surface area contributed by atoms with Crippen LogP contribution in [0.4, 0.5) is 0 Å². The summed E-state index contributed by atoms with van der Waals surface area (Å²) >= 11 is 6.50. The molecular formula is C12H22ClNO. The Hall–Kier alpha value is 0.210. The van der Waals surface area contributed by atoms with E-state index in [-0.39, 0.29) is 22.3 Å². The van der Waals surface area contributed by atoms with E-state index in [0.717, 1.165) is 25.2 Å². The Kier molecular flexibility index (Phi) is 2.81. The smallest absolute Gasteiger partial charge is 0.0668 e. The maximum Gasteiger partial charge on any atom is 0.0668 e. The maximum atomic E-state index is 9.80. The minimum Gasteiger partial charge on any atom is -0.392 e. The quantitative estimate of drug-likeness (QED) is 0.731. The van der Waals surface area contributed by atoms with Crippen molar-refractivity contribution in [2.75, 3.05) is 6.54 Å². The molecule has 2 aliphatic carbocycles. The van der Waals surface area contributed by atoms with Gasteiger partial charge in [0.05, 0.1) is 6.10 Å². The third-order valence-corrected chi connectivity index (χ3v) is 5.80. The molecule has 2 bridgehead atoms. The van der Waals surface area contributed by atoms with E-state index in [1.165, 1.54) is 6.42 Å². The van der Waals surface area contributed by atoms with Gasteiger partial charge in [0.2, 0.25) is 0 Å². The molecule has 4 atom stereocenters. The number of rotatable bonds is 3. The molecule has 2 fully saturated rings. The van der Waals surface area contributed by atoms with Gasteiger partial charge in [0, 0.05) is 11.9 Å². The highest BCUT2D eigenvalue weighted by Crippen LogP contribution is 2.68. The summed E-state index contributed by atoms with van der Waals surface area (Å²) in [5.41, 5.74) is 5.91. The summed E-state index contributed by atoms with van der Waals surface area (Å²) < 4.78 is 0. The zero-order valence-corrected chi connectivity index (χ0v) is 10.4. The Morgan fingerprint density at radius 1 is 1.53 bits per heavy atom. The first kappa shape index (κ1) is 11.7. The van der Waals surface area contributed by atoms with E-state index in [4.69, 9.17) is 17.3 Å². The monoisotopic (exact) mass is 231 g/mol. The van der Waals surface area contributed by atoms with Gasteiger partial charge in [0.15, 0.2) is 0 Å². The van der Waals surface area contributed by atoms with E-state index in [9.17, 15) is 5.11 Å². The number of hydrogen-bond donors (Lipinski definition) is 2. The van der Waals surface area contributed by atoms with Gasteiger partial charge in [0.25, 0.3) is 0 Å². The topological polar surface area (TPSA) is 46.2 Å². The van der Waals surface area contributed by atoms with Crippen LogP contribution in [-0.4, -0.2) is 23.1 Å². The highest BCUT2D eigenvalue weighted by Gasteiger charge is 2.63. The van der Waals surface area contributed by atoms with Crippen LogP contribution in [0.1, 0.15) is 39.5 Å². The summed E-state index contributed by atoms with van der Waals surface area (Å²) in [6, 6.07) is 0. The molecule has 3 N–H and O–H groups in total. The van der Waals surface area contributed by atoms with Gasteiger partial charge >= 0.3 is 0 Å². The molecule has 0 aromatic carbocycles. The molecule has 88 valence electrons. The minimum atomic E-state index is -0.387. The van der Waals surface area contributed by atoms with Gasteiger partial charge in [-0.2, -0.15) is 0 Å². The van der Waals surface area contributed by atoms with Gasteiger partial charge in [-0.25, -0.2) is 0 Å². The first-order valence-corrected chi connectivity index (χ1v) is 6.40. The van der Waals surface area contributed by atoms with E-state index in [0.29, 0.717) is 6.54 Å². The molecule has 3 heteroatoms. The summed E-state index contributed by atoms with van der Waals surface area (Å²) in [5.74, 6) is 0.741. The van der Waals surface area contributed by atoms with Gasteiger partial charge in [0.1, 0.15) is 0 Å². The fraction of sp³-hybridized carbons (Fsp3) is 1.00. The molecule has 15 heavy (non-hydrogen) atoms. The van der Waals surface area contributed by atoms with Crippen LogP contribution in [0.25, 0.3) is 0 Å². The molecular weight excluding hydrogens is 210 g/mol. The first-order chi connectivity index (χ1) is 6.94. The van der Waals surface area contributed by atoms with Crippen molar-refractivity contribution >= 4 is 11.6 Å². The second-order valence-electron chi connectivity index (χ2n) is 5.91. The predicted molar refractivity (Wildman–Crippen MR) is 62.9 cm³/mol. The standard InChI is InChI=1S/C12H22ClNO/c1-11(2)8-3-4-12(11,10(13)5-8)6-9(15)7-14/h8-10,15H,3-7,14H2,1-2H3. The molecule has 0 saturated heterocycles. The molecule has 0 heterocycles. The molecule has 4 unspecified atom stereocenters. The van der Waals surface area contributed by atoms with Crippen LogP contribution in [0.2, 0.25) is 0 Å². The van der Waals surface area contributed by atoms with Gasteiger partial charge in [-0.15, -0.1) is 11.6 Å². The van der Waals surface area contributed by atoms with Crippen LogP contribution in [0.15, 0.2) is 0 Å². The van der Waals surface area contributed by atoms with E-state index >= 15 is 0 Å². The van der Waals surface area contributed by atoms with E-state index in [2.05, 4.69) is 13.8 Å². The van der Waals surface area contributed by atoms with Crippen LogP contribution in [0.5, 0.6) is 0 Å². The maximum absolute atomic E-state index is 9.80. The molecule has 0 aliphatic heterocycles. The molecule has 0 radical (unpaired) electrons. The molecule has 2 nitrogen and oxygen atoms in total. The lowest BCUT2D eigenvalue weighted by Gasteiger charge is -2.41. The third kappa shape index (κ3) is 1.45. The zero-order chi connectivity index (χ0) is 11.3. The second-order valence-corrected chi connectivity index (χ2v) is 6.44. The van der Waals surface area contributed by atoms with Crippen LogP contribution in [-0.2, 0) is 0 Å². The second kappa shape index (κ2) is 3.61. The lowest BCUT2D eigenvalue weighted by molar-refractivity contribution is 0.0480. The average molecular weight is 232 g/mol. The average Bonchev–Trinajstić information content (AvgIpc) is 2.51. The third-order valence-electron chi connectivity index (χ3n) is 5.21. The fourth-order valence-electron chi connectivity index (χ4n) is 3.97. The number of hydrogen-bond acceptors (Lipinski definition) is 2. The Bertz CT molecular complexity index is 256. The Balaban J connectivity index is 2.23. The normalized spacial score (nSPS) is 44.6. The number of fused-ring (bicyclic) bond motifs is 2. The Labute approximate surface area is 97.2 Å². The van der Waals surface area contributed by atoms with Gasteiger partial charge < -0.3 is 10.8 Å².